The number of fused-ring (bicyclic) bond motifs is 1. The number of carbonyl (C=O) groups is 2. The quantitative estimate of drug-likeness (QED) is 0.639. The second kappa shape index (κ2) is 7.11. The number of aromatic nitrogens is 1. The molecule has 0 aliphatic heterocycles. The molecule has 1 saturated carbocycles. The Bertz CT molecular complexity index is 990. The monoisotopic (exact) mass is 364 g/mol. The molecule has 1 fully saturated rings. The lowest BCUT2D eigenvalue weighted by Gasteiger charge is -2.08. The number of oxazole rings is 1. The van der Waals surface area contributed by atoms with E-state index < -0.39 is 0 Å². The molecule has 2 aromatic carbocycles. The van der Waals surface area contributed by atoms with Gasteiger partial charge in [0.2, 0.25) is 0 Å². The summed E-state index contributed by atoms with van der Waals surface area (Å²) in [6.45, 7) is 1.97. The fourth-order valence-corrected chi connectivity index (χ4v) is 2.69. The summed E-state index contributed by atoms with van der Waals surface area (Å²) in [4.78, 5) is 28.6. The predicted octanol–water partition coefficient (Wildman–Crippen LogP) is 3.93. The van der Waals surface area contributed by atoms with Gasteiger partial charge in [0, 0.05) is 29.4 Å². The van der Waals surface area contributed by atoms with Crippen molar-refractivity contribution in [3.05, 3.63) is 53.9 Å². The number of benzene rings is 2. The van der Waals surface area contributed by atoms with E-state index in [1.807, 2.05) is 6.92 Å². The molecule has 7 nitrogen and oxygen atoms in total. The molecular weight excluding hydrogens is 344 g/mol. The van der Waals surface area contributed by atoms with Gasteiger partial charge < -0.3 is 20.4 Å². The van der Waals surface area contributed by atoms with Crippen molar-refractivity contribution < 1.29 is 14.0 Å². The van der Waals surface area contributed by atoms with Gasteiger partial charge in [0.15, 0.2) is 11.5 Å². The van der Waals surface area contributed by atoms with E-state index in [2.05, 4.69) is 20.9 Å². The number of rotatable bonds is 5. The number of hydrogen-bond acceptors (Lipinski definition) is 4. The van der Waals surface area contributed by atoms with E-state index in [9.17, 15) is 9.59 Å². The first kappa shape index (κ1) is 17.1. The third-order valence-corrected chi connectivity index (χ3v) is 4.31. The summed E-state index contributed by atoms with van der Waals surface area (Å²) < 4.78 is 5.57. The molecule has 1 aliphatic rings. The fourth-order valence-electron chi connectivity index (χ4n) is 2.69. The summed E-state index contributed by atoms with van der Waals surface area (Å²) in [5.41, 5.74) is 3.20. The van der Waals surface area contributed by atoms with Crippen LogP contribution >= 0.6 is 0 Å². The minimum absolute atomic E-state index is 0.220. The number of hydrogen-bond donors (Lipinski definition) is 3. The molecule has 3 aromatic rings. The molecule has 7 heteroatoms. The smallest absolute Gasteiger partial charge is 0.319 e. The first-order valence-electron chi connectivity index (χ1n) is 8.99. The van der Waals surface area contributed by atoms with Crippen LogP contribution in [0.5, 0.6) is 0 Å². The summed E-state index contributed by atoms with van der Waals surface area (Å²) in [5.74, 6) is 0.435. The largest absolute Gasteiger partial charge is 0.441 e. The van der Waals surface area contributed by atoms with Crippen molar-refractivity contribution in [2.24, 2.45) is 0 Å². The summed E-state index contributed by atoms with van der Waals surface area (Å²) in [6, 6.07) is 12.2. The number of amides is 3. The van der Waals surface area contributed by atoms with Crippen molar-refractivity contribution in [2.75, 3.05) is 10.6 Å². The molecule has 27 heavy (non-hydrogen) atoms. The Morgan fingerprint density at radius 3 is 2.52 bits per heavy atom. The maximum absolute atomic E-state index is 12.4. The Morgan fingerprint density at radius 1 is 1.07 bits per heavy atom. The fraction of sp³-hybridized carbons (Fsp3) is 0.250. The Labute approximate surface area is 156 Å². The molecule has 3 amide bonds. The molecule has 1 aromatic heterocycles. The van der Waals surface area contributed by atoms with E-state index >= 15 is 0 Å². The van der Waals surface area contributed by atoms with Crippen LogP contribution in [0.4, 0.5) is 16.2 Å². The normalized spacial score (nSPS) is 13.4. The van der Waals surface area contributed by atoms with Gasteiger partial charge >= 0.3 is 6.03 Å². The summed E-state index contributed by atoms with van der Waals surface area (Å²) in [6.07, 6.45) is 2.79. The van der Waals surface area contributed by atoms with Gasteiger partial charge in [0.05, 0.1) is 0 Å². The molecule has 0 spiro atoms. The Hall–Kier alpha value is -3.35. The van der Waals surface area contributed by atoms with Crippen LogP contribution in [0.2, 0.25) is 0 Å². The zero-order valence-corrected chi connectivity index (χ0v) is 14.9. The van der Waals surface area contributed by atoms with E-state index in [1.54, 1.807) is 42.5 Å². The molecule has 0 bridgehead atoms. The van der Waals surface area contributed by atoms with Crippen molar-refractivity contribution in [3.63, 3.8) is 0 Å². The number of anilines is 2. The molecular formula is C20H20N4O3. The highest BCUT2D eigenvalue weighted by Gasteiger charge is 2.23. The summed E-state index contributed by atoms with van der Waals surface area (Å²) in [7, 11) is 0. The molecule has 0 unspecified atom stereocenters. The van der Waals surface area contributed by atoms with Gasteiger partial charge in [-0.25, -0.2) is 9.78 Å². The van der Waals surface area contributed by atoms with Crippen molar-refractivity contribution in [2.45, 2.75) is 32.2 Å². The van der Waals surface area contributed by atoms with Gasteiger partial charge in [0.1, 0.15) is 5.52 Å². The first-order chi connectivity index (χ1) is 13.1. The van der Waals surface area contributed by atoms with Crippen LogP contribution in [0.25, 0.3) is 11.1 Å². The average Bonchev–Trinajstić information content (AvgIpc) is 3.37. The standard InChI is InChI=1S/C20H20N4O3/c1-2-18-24-16-11-15(9-10-17(16)27-18)21-19(25)12-3-5-13(6-4-12)22-20(26)23-14-7-8-14/h3-6,9-11,14H,2,7-8H2,1H3,(H,21,25)(H2,22,23,26). The minimum atomic E-state index is -0.234. The minimum Gasteiger partial charge on any atom is -0.441 e. The van der Waals surface area contributed by atoms with Crippen LogP contribution in [0.1, 0.15) is 36.0 Å². The highest BCUT2D eigenvalue weighted by Crippen LogP contribution is 2.21. The van der Waals surface area contributed by atoms with Gasteiger partial charge in [-0.2, -0.15) is 0 Å². The highest BCUT2D eigenvalue weighted by atomic mass is 16.3. The average molecular weight is 364 g/mol. The van der Waals surface area contributed by atoms with Crippen molar-refractivity contribution in [1.82, 2.24) is 10.3 Å². The highest BCUT2D eigenvalue weighted by molar-refractivity contribution is 6.05. The predicted molar refractivity (Wildman–Crippen MR) is 103 cm³/mol. The van der Waals surface area contributed by atoms with E-state index in [4.69, 9.17) is 4.42 Å². The van der Waals surface area contributed by atoms with Gasteiger partial charge in [-0.15, -0.1) is 0 Å². The first-order valence-corrected chi connectivity index (χ1v) is 8.99. The van der Waals surface area contributed by atoms with Crippen LogP contribution in [-0.4, -0.2) is 23.0 Å². The van der Waals surface area contributed by atoms with Gasteiger partial charge in [0.25, 0.3) is 5.91 Å². The van der Waals surface area contributed by atoms with Gasteiger partial charge in [-0.1, -0.05) is 6.92 Å². The maximum Gasteiger partial charge on any atom is 0.319 e. The summed E-state index contributed by atoms with van der Waals surface area (Å²) >= 11 is 0. The van der Waals surface area contributed by atoms with E-state index in [1.165, 1.54) is 0 Å². The Balaban J connectivity index is 1.40. The number of nitrogens with one attached hydrogen (secondary N) is 3. The summed E-state index contributed by atoms with van der Waals surface area (Å²) in [5, 5.41) is 8.46. The molecule has 4 rings (SSSR count). The second-order valence-electron chi connectivity index (χ2n) is 6.55. The van der Waals surface area contributed by atoms with E-state index in [0.29, 0.717) is 40.0 Å². The zero-order valence-electron chi connectivity index (χ0n) is 14.9. The van der Waals surface area contributed by atoms with E-state index in [0.717, 1.165) is 19.3 Å². The molecule has 1 aliphatic carbocycles. The lowest BCUT2D eigenvalue weighted by atomic mass is 10.2. The topological polar surface area (TPSA) is 96.3 Å². The second-order valence-corrected chi connectivity index (χ2v) is 6.55. The number of aryl methyl sites for hydroxylation is 1. The molecule has 138 valence electrons. The SMILES string of the molecule is CCc1nc2cc(NC(=O)c3ccc(NC(=O)NC4CC4)cc3)ccc2o1. The van der Waals surface area contributed by atoms with Crippen molar-refractivity contribution in [3.8, 4) is 0 Å². The zero-order chi connectivity index (χ0) is 18.8. The van der Waals surface area contributed by atoms with Gasteiger partial charge in [-0.3, -0.25) is 4.79 Å². The third-order valence-electron chi connectivity index (χ3n) is 4.31. The van der Waals surface area contributed by atoms with Gasteiger partial charge in [-0.05, 0) is 55.3 Å². The van der Waals surface area contributed by atoms with Crippen LogP contribution < -0.4 is 16.0 Å². The number of carbonyl (C=O) groups excluding carboxylic acids is 2. The Morgan fingerprint density at radius 2 is 1.81 bits per heavy atom. The van der Waals surface area contributed by atoms with E-state index in [-0.39, 0.29) is 11.9 Å². The molecule has 1 heterocycles. The van der Waals surface area contributed by atoms with Crippen LogP contribution in [0, 0.1) is 0 Å². The lowest BCUT2D eigenvalue weighted by Crippen LogP contribution is -2.30. The van der Waals surface area contributed by atoms with Crippen LogP contribution in [0.3, 0.4) is 0 Å². The molecule has 0 atom stereocenters. The number of urea groups is 1. The Kier molecular flexibility index (Phi) is 4.50. The van der Waals surface area contributed by atoms with Crippen molar-refractivity contribution >= 4 is 34.4 Å². The molecule has 0 saturated heterocycles. The van der Waals surface area contributed by atoms with Crippen molar-refractivity contribution in [1.29, 1.82) is 0 Å². The molecule has 0 radical (unpaired) electrons. The van der Waals surface area contributed by atoms with Crippen LogP contribution in [0.15, 0.2) is 46.9 Å². The van der Waals surface area contributed by atoms with Crippen LogP contribution in [-0.2, 0) is 6.42 Å². The number of nitrogens with zero attached hydrogens (tertiary/aromatic N) is 1. The maximum atomic E-state index is 12.4. The third kappa shape index (κ3) is 4.08. The molecule has 3 N–H and O–H groups in total. The lowest BCUT2D eigenvalue weighted by molar-refractivity contribution is 0.102.